The molecule has 0 aliphatic heterocycles. The van der Waals surface area contributed by atoms with Crippen LogP contribution in [0.15, 0.2) is 36.9 Å². The fourth-order valence-electron chi connectivity index (χ4n) is 1.80. The van der Waals surface area contributed by atoms with Gasteiger partial charge >= 0.3 is 0 Å². The molecular formula is C14H16ClN3. The Morgan fingerprint density at radius 1 is 1.33 bits per heavy atom. The molecule has 0 spiro atoms. The van der Waals surface area contributed by atoms with E-state index in [-0.39, 0.29) is 0 Å². The lowest BCUT2D eigenvalue weighted by Gasteiger charge is -2.11. The van der Waals surface area contributed by atoms with E-state index in [0.29, 0.717) is 11.6 Å². The smallest absolute Gasteiger partial charge is 0.128 e. The quantitative estimate of drug-likeness (QED) is 0.801. The Bertz CT molecular complexity index is 566. The molecule has 0 amide bonds. The topological polar surface area (TPSA) is 37.0 Å². The van der Waals surface area contributed by atoms with Crippen LogP contribution < -0.4 is 10.6 Å². The molecule has 1 aromatic carbocycles. The fourth-order valence-corrected chi connectivity index (χ4v) is 1.97. The second-order valence-corrected chi connectivity index (χ2v) is 4.35. The van der Waals surface area contributed by atoms with Gasteiger partial charge in [-0.2, -0.15) is 0 Å². The molecule has 1 aromatic heterocycles. The highest BCUT2D eigenvalue weighted by Crippen LogP contribution is 2.27. The van der Waals surface area contributed by atoms with Gasteiger partial charge in [-0.05, 0) is 25.1 Å². The number of hydrogen-bond donors (Lipinski definition) is 2. The van der Waals surface area contributed by atoms with E-state index in [9.17, 15) is 0 Å². The number of hydrogen-bond acceptors (Lipinski definition) is 3. The Morgan fingerprint density at radius 3 is 2.89 bits per heavy atom. The van der Waals surface area contributed by atoms with E-state index in [1.165, 1.54) is 0 Å². The van der Waals surface area contributed by atoms with Gasteiger partial charge in [0.1, 0.15) is 5.82 Å². The van der Waals surface area contributed by atoms with Crippen molar-refractivity contribution in [3.8, 4) is 0 Å². The van der Waals surface area contributed by atoms with E-state index in [2.05, 4.69) is 22.2 Å². The van der Waals surface area contributed by atoms with Crippen LogP contribution in [0.1, 0.15) is 6.92 Å². The zero-order valence-electron chi connectivity index (χ0n) is 10.3. The average molecular weight is 262 g/mol. The fraction of sp³-hybridized carbons (Fsp3) is 0.214. The zero-order chi connectivity index (χ0) is 13.0. The molecule has 2 rings (SSSR count). The minimum absolute atomic E-state index is 0.706. The SMILES string of the molecule is C=CCNc1cc(NCC)nc2ccc(Cl)cc12. The highest BCUT2D eigenvalue weighted by Gasteiger charge is 2.05. The molecule has 4 heteroatoms. The van der Waals surface area contributed by atoms with Gasteiger partial charge < -0.3 is 10.6 Å². The van der Waals surface area contributed by atoms with Crippen LogP contribution in [0.5, 0.6) is 0 Å². The van der Waals surface area contributed by atoms with Gasteiger partial charge in [-0.15, -0.1) is 6.58 Å². The van der Waals surface area contributed by atoms with Crippen molar-refractivity contribution < 1.29 is 0 Å². The largest absolute Gasteiger partial charge is 0.381 e. The maximum atomic E-state index is 6.03. The van der Waals surface area contributed by atoms with E-state index < -0.39 is 0 Å². The summed E-state index contributed by atoms with van der Waals surface area (Å²) in [6.07, 6.45) is 1.82. The Balaban J connectivity index is 2.53. The summed E-state index contributed by atoms with van der Waals surface area (Å²) in [6.45, 7) is 7.30. The van der Waals surface area contributed by atoms with Gasteiger partial charge in [0.15, 0.2) is 0 Å². The molecular weight excluding hydrogens is 246 g/mol. The summed E-state index contributed by atoms with van der Waals surface area (Å²) < 4.78 is 0. The van der Waals surface area contributed by atoms with Crippen LogP contribution in [0.2, 0.25) is 5.02 Å². The number of benzene rings is 1. The summed E-state index contributed by atoms with van der Waals surface area (Å²) in [7, 11) is 0. The maximum Gasteiger partial charge on any atom is 0.128 e. The summed E-state index contributed by atoms with van der Waals surface area (Å²) in [5.74, 6) is 0.860. The Kier molecular flexibility index (Phi) is 4.05. The minimum atomic E-state index is 0.706. The number of fused-ring (bicyclic) bond motifs is 1. The Morgan fingerprint density at radius 2 is 2.17 bits per heavy atom. The summed E-state index contributed by atoms with van der Waals surface area (Å²) in [4.78, 5) is 4.54. The maximum absolute atomic E-state index is 6.03. The van der Waals surface area contributed by atoms with Gasteiger partial charge in [0.25, 0.3) is 0 Å². The molecule has 0 aliphatic rings. The molecule has 18 heavy (non-hydrogen) atoms. The van der Waals surface area contributed by atoms with Crippen LogP contribution in [-0.4, -0.2) is 18.1 Å². The number of nitrogens with one attached hydrogen (secondary N) is 2. The van der Waals surface area contributed by atoms with Crippen LogP contribution >= 0.6 is 11.6 Å². The highest BCUT2D eigenvalue weighted by molar-refractivity contribution is 6.31. The molecule has 0 bridgehead atoms. The van der Waals surface area contributed by atoms with E-state index in [0.717, 1.165) is 29.0 Å². The molecule has 0 aliphatic carbocycles. The van der Waals surface area contributed by atoms with Gasteiger partial charge in [-0.1, -0.05) is 17.7 Å². The van der Waals surface area contributed by atoms with E-state index >= 15 is 0 Å². The van der Waals surface area contributed by atoms with Gasteiger partial charge in [0, 0.05) is 35.3 Å². The van der Waals surface area contributed by atoms with Crippen LogP contribution in [0, 0.1) is 0 Å². The molecule has 0 unspecified atom stereocenters. The normalized spacial score (nSPS) is 10.3. The van der Waals surface area contributed by atoms with Crippen molar-refractivity contribution in [3.63, 3.8) is 0 Å². The number of pyridine rings is 1. The number of nitrogens with zero attached hydrogens (tertiary/aromatic N) is 1. The molecule has 3 nitrogen and oxygen atoms in total. The molecule has 2 N–H and O–H groups in total. The lowest BCUT2D eigenvalue weighted by atomic mass is 10.2. The third-order valence-electron chi connectivity index (χ3n) is 2.57. The van der Waals surface area contributed by atoms with Crippen LogP contribution in [0.3, 0.4) is 0 Å². The van der Waals surface area contributed by atoms with Crippen molar-refractivity contribution in [2.75, 3.05) is 23.7 Å². The lowest BCUT2D eigenvalue weighted by Crippen LogP contribution is -2.03. The lowest BCUT2D eigenvalue weighted by molar-refractivity contribution is 1.17. The van der Waals surface area contributed by atoms with Crippen molar-refractivity contribution in [2.24, 2.45) is 0 Å². The third kappa shape index (κ3) is 2.74. The number of aromatic nitrogens is 1. The van der Waals surface area contributed by atoms with E-state index in [1.807, 2.05) is 37.3 Å². The van der Waals surface area contributed by atoms with E-state index in [1.54, 1.807) is 0 Å². The predicted molar refractivity (Wildman–Crippen MR) is 79.6 cm³/mol. The first-order valence-corrected chi connectivity index (χ1v) is 6.31. The number of rotatable bonds is 5. The molecule has 0 saturated heterocycles. The van der Waals surface area contributed by atoms with Crippen molar-refractivity contribution in [1.82, 2.24) is 4.98 Å². The summed E-state index contributed by atoms with van der Waals surface area (Å²) in [5.41, 5.74) is 1.93. The average Bonchev–Trinajstić information content (AvgIpc) is 2.37. The van der Waals surface area contributed by atoms with Crippen LogP contribution in [0.25, 0.3) is 10.9 Å². The molecule has 94 valence electrons. The van der Waals surface area contributed by atoms with Crippen molar-refractivity contribution in [3.05, 3.63) is 41.9 Å². The zero-order valence-corrected chi connectivity index (χ0v) is 11.1. The first-order valence-electron chi connectivity index (χ1n) is 5.93. The first kappa shape index (κ1) is 12.7. The summed E-state index contributed by atoms with van der Waals surface area (Å²) >= 11 is 6.03. The minimum Gasteiger partial charge on any atom is -0.381 e. The Labute approximate surface area is 112 Å². The van der Waals surface area contributed by atoms with Gasteiger partial charge in [0.05, 0.1) is 5.52 Å². The van der Waals surface area contributed by atoms with Gasteiger partial charge in [-0.25, -0.2) is 4.98 Å². The molecule has 1 heterocycles. The monoisotopic (exact) mass is 261 g/mol. The van der Waals surface area contributed by atoms with E-state index in [4.69, 9.17) is 11.6 Å². The van der Waals surface area contributed by atoms with Crippen LogP contribution in [-0.2, 0) is 0 Å². The number of anilines is 2. The Hall–Kier alpha value is -1.74. The second-order valence-electron chi connectivity index (χ2n) is 3.92. The predicted octanol–water partition coefficient (Wildman–Crippen LogP) is 3.92. The summed E-state index contributed by atoms with van der Waals surface area (Å²) in [6, 6.07) is 7.69. The van der Waals surface area contributed by atoms with Gasteiger partial charge in [-0.3, -0.25) is 0 Å². The standard InChI is InChI=1S/C14H16ClN3/c1-3-7-17-13-9-14(16-4-2)18-12-6-5-10(15)8-11(12)13/h3,5-6,8-9H,1,4,7H2,2H3,(H2,16,17,18). The molecule has 2 aromatic rings. The third-order valence-corrected chi connectivity index (χ3v) is 2.80. The molecule has 0 fully saturated rings. The summed E-state index contributed by atoms with van der Waals surface area (Å²) in [5, 5.41) is 8.26. The molecule has 0 saturated carbocycles. The number of halogens is 1. The van der Waals surface area contributed by atoms with Crippen molar-refractivity contribution in [1.29, 1.82) is 0 Å². The van der Waals surface area contributed by atoms with Crippen molar-refractivity contribution >= 4 is 34.0 Å². The van der Waals surface area contributed by atoms with Gasteiger partial charge in [0.2, 0.25) is 0 Å². The second kappa shape index (κ2) is 5.74. The molecule has 0 radical (unpaired) electrons. The molecule has 0 atom stereocenters. The van der Waals surface area contributed by atoms with Crippen LogP contribution in [0.4, 0.5) is 11.5 Å². The highest BCUT2D eigenvalue weighted by atomic mass is 35.5. The van der Waals surface area contributed by atoms with Crippen molar-refractivity contribution in [2.45, 2.75) is 6.92 Å². The first-order chi connectivity index (χ1) is 8.74.